The van der Waals surface area contributed by atoms with Crippen molar-refractivity contribution in [1.29, 1.82) is 0 Å². The van der Waals surface area contributed by atoms with E-state index in [0.29, 0.717) is 34.6 Å². The molecule has 0 saturated heterocycles. The molecule has 0 fully saturated rings. The fraction of sp³-hybridized carbons (Fsp3) is 0.250. The largest absolute Gasteiger partial charge is 0.352 e. The van der Waals surface area contributed by atoms with Crippen molar-refractivity contribution >= 4 is 33.8 Å². The molecule has 0 unspecified atom stereocenters. The minimum absolute atomic E-state index is 0.0224. The van der Waals surface area contributed by atoms with Crippen LogP contribution < -0.4 is 10.0 Å². The Morgan fingerprint density at radius 1 is 1.20 bits per heavy atom. The number of aryl methyl sites for hydroxylation is 2. The fourth-order valence-electron chi connectivity index (χ4n) is 2.92. The molecule has 0 atom stereocenters. The molecule has 0 saturated carbocycles. The number of hydrogen-bond donors (Lipinski definition) is 3. The van der Waals surface area contributed by atoms with Crippen molar-refractivity contribution in [2.24, 2.45) is 7.05 Å². The Labute approximate surface area is 180 Å². The third-order valence-corrected chi connectivity index (χ3v) is 6.38. The van der Waals surface area contributed by atoms with Crippen molar-refractivity contribution in [3.8, 4) is 0 Å². The summed E-state index contributed by atoms with van der Waals surface area (Å²) < 4.78 is 30.3. The molecule has 3 N–H and O–H groups in total. The Hall–Kier alpha value is -2.98. The summed E-state index contributed by atoms with van der Waals surface area (Å²) in [5.41, 5.74) is 2.39. The first-order chi connectivity index (χ1) is 14.2. The van der Waals surface area contributed by atoms with E-state index in [1.807, 2.05) is 13.0 Å². The summed E-state index contributed by atoms with van der Waals surface area (Å²) in [6.45, 7) is 3.98. The maximum atomic E-state index is 12.8. The van der Waals surface area contributed by atoms with Gasteiger partial charge in [-0.25, -0.2) is 8.42 Å². The van der Waals surface area contributed by atoms with E-state index >= 15 is 0 Å². The Balaban J connectivity index is 1.74. The number of nitrogens with zero attached hydrogens (tertiary/aromatic N) is 2. The van der Waals surface area contributed by atoms with E-state index in [1.54, 1.807) is 42.8 Å². The summed E-state index contributed by atoms with van der Waals surface area (Å²) >= 11 is 5.07. The molecule has 3 aromatic rings. The first-order valence-corrected chi connectivity index (χ1v) is 11.1. The van der Waals surface area contributed by atoms with Crippen LogP contribution in [0.2, 0.25) is 0 Å². The van der Waals surface area contributed by atoms with Gasteiger partial charge in [0.15, 0.2) is 4.77 Å². The Morgan fingerprint density at radius 3 is 2.63 bits per heavy atom. The zero-order valence-corrected chi connectivity index (χ0v) is 18.5. The van der Waals surface area contributed by atoms with E-state index in [9.17, 15) is 13.2 Å². The standard InChI is InChI=1S/C20H23N5O3S2/c1-13-5-4-6-15(11-13)24-30(27,28)16-8-7-14(2)17(12-16)19(26)21-10-9-18-22-23-20(29)25(18)3/h4-8,11-12,24H,9-10H2,1-3H3,(H,21,26)(H,23,29). The Kier molecular flexibility index (Phi) is 6.37. The normalized spacial score (nSPS) is 11.3. The molecule has 0 aliphatic carbocycles. The molecule has 0 bridgehead atoms. The number of benzene rings is 2. The molecule has 1 aromatic heterocycles. The van der Waals surface area contributed by atoms with Gasteiger partial charge in [-0.2, -0.15) is 5.10 Å². The van der Waals surface area contributed by atoms with E-state index in [0.717, 1.165) is 11.4 Å². The maximum Gasteiger partial charge on any atom is 0.261 e. The van der Waals surface area contributed by atoms with E-state index in [4.69, 9.17) is 12.2 Å². The molecular formula is C20H23N5O3S2. The average Bonchev–Trinajstić information content (AvgIpc) is 3.00. The first-order valence-electron chi connectivity index (χ1n) is 9.26. The van der Waals surface area contributed by atoms with Crippen LogP contribution >= 0.6 is 12.2 Å². The quantitative estimate of drug-likeness (QED) is 0.485. The predicted octanol–water partition coefficient (Wildman–Crippen LogP) is 2.87. The fourth-order valence-corrected chi connectivity index (χ4v) is 4.15. The highest BCUT2D eigenvalue weighted by Crippen LogP contribution is 2.20. The van der Waals surface area contributed by atoms with Crippen LogP contribution in [0.3, 0.4) is 0 Å². The number of nitrogens with one attached hydrogen (secondary N) is 3. The van der Waals surface area contributed by atoms with Gasteiger partial charge in [-0.05, 0) is 61.5 Å². The lowest BCUT2D eigenvalue weighted by Gasteiger charge is -2.12. The van der Waals surface area contributed by atoms with E-state index in [-0.39, 0.29) is 10.8 Å². The molecule has 10 heteroatoms. The second-order valence-corrected chi connectivity index (χ2v) is 9.03. The van der Waals surface area contributed by atoms with E-state index < -0.39 is 10.0 Å². The minimum Gasteiger partial charge on any atom is -0.352 e. The molecule has 0 spiro atoms. The van der Waals surface area contributed by atoms with Crippen LogP contribution in [0.5, 0.6) is 0 Å². The summed E-state index contributed by atoms with van der Waals surface area (Å²) in [5, 5.41) is 9.60. The van der Waals surface area contributed by atoms with Gasteiger partial charge in [0, 0.05) is 31.3 Å². The zero-order valence-electron chi connectivity index (χ0n) is 16.9. The van der Waals surface area contributed by atoms with Crippen LogP contribution in [0.15, 0.2) is 47.4 Å². The van der Waals surface area contributed by atoms with Crippen molar-refractivity contribution in [2.45, 2.75) is 25.2 Å². The Morgan fingerprint density at radius 2 is 1.97 bits per heavy atom. The number of hydrogen-bond acceptors (Lipinski definition) is 5. The zero-order chi connectivity index (χ0) is 21.9. The Bertz CT molecular complexity index is 1250. The van der Waals surface area contributed by atoms with Crippen LogP contribution in [-0.4, -0.2) is 35.6 Å². The highest BCUT2D eigenvalue weighted by molar-refractivity contribution is 7.92. The van der Waals surface area contributed by atoms with Gasteiger partial charge in [0.05, 0.1) is 4.90 Å². The molecule has 2 aromatic carbocycles. The predicted molar refractivity (Wildman–Crippen MR) is 118 cm³/mol. The molecule has 0 radical (unpaired) electrons. The number of sulfonamides is 1. The second kappa shape index (κ2) is 8.80. The molecular weight excluding hydrogens is 422 g/mol. The number of rotatable bonds is 7. The van der Waals surface area contributed by atoms with E-state index in [2.05, 4.69) is 20.2 Å². The van der Waals surface area contributed by atoms with Crippen molar-refractivity contribution in [2.75, 3.05) is 11.3 Å². The third kappa shape index (κ3) is 4.95. The molecule has 1 amide bonds. The average molecular weight is 446 g/mol. The van der Waals surface area contributed by atoms with Gasteiger partial charge >= 0.3 is 0 Å². The highest BCUT2D eigenvalue weighted by Gasteiger charge is 2.18. The van der Waals surface area contributed by atoms with Gasteiger partial charge in [0.2, 0.25) is 0 Å². The lowest BCUT2D eigenvalue weighted by Crippen LogP contribution is -2.27. The number of carbonyl (C=O) groups is 1. The number of anilines is 1. The minimum atomic E-state index is -3.83. The first kappa shape index (κ1) is 21.7. The molecule has 0 aliphatic heterocycles. The topological polar surface area (TPSA) is 109 Å². The summed E-state index contributed by atoms with van der Waals surface area (Å²) in [6, 6.07) is 11.6. The maximum absolute atomic E-state index is 12.8. The van der Waals surface area contributed by atoms with Crippen molar-refractivity contribution in [3.05, 3.63) is 69.8 Å². The van der Waals surface area contributed by atoms with Crippen LogP contribution in [-0.2, 0) is 23.5 Å². The SMILES string of the molecule is Cc1cccc(NS(=O)(=O)c2ccc(C)c(C(=O)NCCc3n[nH]c(=S)n3C)c2)c1. The van der Waals surface area contributed by atoms with Gasteiger partial charge in [-0.15, -0.1) is 0 Å². The van der Waals surface area contributed by atoms with Crippen molar-refractivity contribution in [1.82, 2.24) is 20.1 Å². The van der Waals surface area contributed by atoms with Gasteiger partial charge in [-0.1, -0.05) is 18.2 Å². The van der Waals surface area contributed by atoms with Crippen molar-refractivity contribution in [3.63, 3.8) is 0 Å². The summed E-state index contributed by atoms with van der Waals surface area (Å²) in [6.07, 6.45) is 0.487. The number of aromatic nitrogens is 3. The van der Waals surface area contributed by atoms with E-state index in [1.165, 1.54) is 12.1 Å². The molecule has 3 rings (SSSR count). The van der Waals surface area contributed by atoms with Crippen LogP contribution in [0.1, 0.15) is 27.3 Å². The lowest BCUT2D eigenvalue weighted by molar-refractivity contribution is 0.0953. The third-order valence-electron chi connectivity index (χ3n) is 4.64. The van der Waals surface area contributed by atoms with Gasteiger partial charge in [-0.3, -0.25) is 14.6 Å². The summed E-state index contributed by atoms with van der Waals surface area (Å²) in [5.74, 6) is 0.368. The van der Waals surface area contributed by atoms with Gasteiger partial charge < -0.3 is 9.88 Å². The summed E-state index contributed by atoms with van der Waals surface area (Å²) in [4.78, 5) is 12.7. The van der Waals surface area contributed by atoms with Crippen LogP contribution in [0, 0.1) is 18.6 Å². The monoisotopic (exact) mass is 445 g/mol. The number of aromatic amines is 1. The number of carbonyl (C=O) groups excluding carboxylic acids is 1. The number of H-pyrrole nitrogens is 1. The molecule has 0 aliphatic rings. The number of amides is 1. The molecule has 8 nitrogen and oxygen atoms in total. The summed E-state index contributed by atoms with van der Waals surface area (Å²) in [7, 11) is -2.03. The van der Waals surface area contributed by atoms with Crippen LogP contribution in [0.25, 0.3) is 0 Å². The van der Waals surface area contributed by atoms with Gasteiger partial charge in [0.25, 0.3) is 15.9 Å². The highest BCUT2D eigenvalue weighted by atomic mass is 32.2. The molecule has 158 valence electrons. The van der Waals surface area contributed by atoms with Crippen molar-refractivity contribution < 1.29 is 13.2 Å². The second-order valence-electron chi connectivity index (χ2n) is 6.96. The molecule has 30 heavy (non-hydrogen) atoms. The smallest absolute Gasteiger partial charge is 0.261 e. The molecule has 1 heterocycles. The lowest BCUT2D eigenvalue weighted by atomic mass is 10.1. The van der Waals surface area contributed by atoms with Crippen LogP contribution in [0.4, 0.5) is 5.69 Å². The van der Waals surface area contributed by atoms with Gasteiger partial charge in [0.1, 0.15) is 5.82 Å².